The molecule has 2 amide bonds. The Labute approximate surface area is 424 Å². The number of pyridine rings is 2. The molecule has 5 N–H and O–H groups in total. The van der Waals surface area contributed by atoms with Gasteiger partial charge in [0.05, 0.1) is 29.4 Å². The molecule has 366 valence electrons. The highest BCUT2D eigenvalue weighted by Crippen LogP contribution is 2.38. The van der Waals surface area contributed by atoms with Crippen LogP contribution < -0.4 is 31.4 Å². The molecule has 0 saturated carbocycles. The summed E-state index contributed by atoms with van der Waals surface area (Å²) in [4.78, 5) is 52.7. The van der Waals surface area contributed by atoms with Gasteiger partial charge in [0.25, 0.3) is 11.8 Å². The van der Waals surface area contributed by atoms with Crippen molar-refractivity contribution in [1.82, 2.24) is 25.1 Å². The summed E-state index contributed by atoms with van der Waals surface area (Å²) in [5.74, 6) is 0.729. The van der Waals surface area contributed by atoms with Crippen LogP contribution in [-0.4, -0.2) is 77.0 Å². The number of aromatic nitrogens is 2. The summed E-state index contributed by atoms with van der Waals surface area (Å²) >= 11 is 1.54. The molecule has 2 aromatic heterocycles. The molecule has 9 rings (SSSR count). The van der Waals surface area contributed by atoms with Gasteiger partial charge in [-0.05, 0) is 129 Å². The molecular formula is C59H59N7O5S. The van der Waals surface area contributed by atoms with Crippen LogP contribution in [0.25, 0.3) is 27.5 Å². The van der Waals surface area contributed by atoms with Crippen LogP contribution in [0.4, 0.5) is 11.4 Å². The van der Waals surface area contributed by atoms with Gasteiger partial charge >= 0.3 is 0 Å². The van der Waals surface area contributed by atoms with Crippen molar-refractivity contribution in [2.45, 2.75) is 55.5 Å². The number of amides is 2. The lowest BCUT2D eigenvalue weighted by Gasteiger charge is -2.37. The molecule has 0 unspecified atom stereocenters. The number of nitrogens with one attached hydrogen (secondary N) is 3. The Bertz CT molecular complexity index is 3370. The van der Waals surface area contributed by atoms with E-state index in [-0.39, 0.29) is 22.6 Å². The molecule has 6 aromatic carbocycles. The lowest BCUT2D eigenvalue weighted by atomic mass is 9.93. The Morgan fingerprint density at radius 1 is 0.806 bits per heavy atom. The lowest BCUT2D eigenvalue weighted by Crippen LogP contribution is -2.47. The van der Waals surface area contributed by atoms with E-state index in [0.29, 0.717) is 61.1 Å². The first-order valence-electron chi connectivity index (χ1n) is 24.1. The van der Waals surface area contributed by atoms with Crippen LogP contribution in [0.5, 0.6) is 11.5 Å². The predicted molar refractivity (Wildman–Crippen MR) is 290 cm³/mol. The SMILES string of the molecule is C=C(c1cccc(CC(C)(C)NCCc2ccc(OCc3ccccc3)c3[nH]c(=O)ccc23)c1)N1CCN(C(=O)c2cccc(Sc3cc(C)c4ncc(C(N)=O)c(Nc5cccc(OC)c5)c4c3)c2)CC1. The largest absolute Gasteiger partial charge is 0.497 e. The van der Waals surface area contributed by atoms with Gasteiger partial charge in [0.2, 0.25) is 5.56 Å². The zero-order valence-corrected chi connectivity index (χ0v) is 41.9. The van der Waals surface area contributed by atoms with Crippen molar-refractivity contribution in [1.29, 1.82) is 0 Å². The highest BCUT2D eigenvalue weighted by atomic mass is 32.2. The summed E-state index contributed by atoms with van der Waals surface area (Å²) in [6, 6.07) is 45.4. The van der Waals surface area contributed by atoms with Gasteiger partial charge in [-0.25, -0.2) is 0 Å². The molecule has 13 heteroatoms. The van der Waals surface area contributed by atoms with E-state index in [1.54, 1.807) is 24.9 Å². The molecule has 0 aliphatic carbocycles. The topological polar surface area (TPSA) is 155 Å². The van der Waals surface area contributed by atoms with E-state index in [1.807, 2.05) is 109 Å². The third-order valence-electron chi connectivity index (χ3n) is 13.1. The minimum atomic E-state index is -0.589. The quantitative estimate of drug-likeness (QED) is 0.0653. The van der Waals surface area contributed by atoms with Gasteiger partial charge in [0.15, 0.2) is 0 Å². The van der Waals surface area contributed by atoms with Crippen LogP contribution in [-0.2, 0) is 19.4 Å². The average Bonchev–Trinajstić information content (AvgIpc) is 3.38. The number of primary amides is 1. The number of methoxy groups -OCH3 is 1. The molecule has 0 bridgehead atoms. The normalized spacial score (nSPS) is 12.8. The molecule has 8 aromatic rings. The molecule has 0 radical (unpaired) electrons. The number of piperazine rings is 1. The molecule has 0 spiro atoms. The van der Waals surface area contributed by atoms with E-state index in [0.717, 1.165) is 79.1 Å². The molecule has 1 aliphatic heterocycles. The number of ether oxygens (including phenoxy) is 2. The molecular weight excluding hydrogens is 919 g/mol. The maximum Gasteiger partial charge on any atom is 0.254 e. The average molecular weight is 978 g/mol. The second kappa shape index (κ2) is 21.6. The number of rotatable bonds is 18. The summed E-state index contributed by atoms with van der Waals surface area (Å²) in [5.41, 5.74) is 15.5. The van der Waals surface area contributed by atoms with E-state index < -0.39 is 5.91 Å². The number of aryl methyl sites for hydroxylation is 1. The third kappa shape index (κ3) is 11.5. The molecule has 1 aliphatic rings. The van der Waals surface area contributed by atoms with Gasteiger partial charge in [0, 0.05) is 87.6 Å². The van der Waals surface area contributed by atoms with Crippen molar-refractivity contribution >= 4 is 62.5 Å². The van der Waals surface area contributed by atoms with Crippen molar-refractivity contribution in [2.24, 2.45) is 5.73 Å². The Balaban J connectivity index is 0.800. The highest BCUT2D eigenvalue weighted by Gasteiger charge is 2.25. The van der Waals surface area contributed by atoms with Crippen molar-refractivity contribution < 1.29 is 19.1 Å². The summed E-state index contributed by atoms with van der Waals surface area (Å²) < 4.78 is 11.6. The van der Waals surface area contributed by atoms with E-state index in [4.69, 9.17) is 15.2 Å². The molecule has 72 heavy (non-hydrogen) atoms. The zero-order valence-electron chi connectivity index (χ0n) is 41.1. The minimum Gasteiger partial charge on any atom is -0.497 e. The fraction of sp³-hybridized carbons (Fsp3) is 0.220. The number of hydrogen-bond acceptors (Lipinski definition) is 10. The first-order chi connectivity index (χ1) is 34.8. The lowest BCUT2D eigenvalue weighted by molar-refractivity contribution is 0.0686. The second-order valence-electron chi connectivity index (χ2n) is 18.8. The van der Waals surface area contributed by atoms with Crippen molar-refractivity contribution in [2.75, 3.05) is 45.2 Å². The van der Waals surface area contributed by atoms with Gasteiger partial charge in [-0.15, -0.1) is 0 Å². The van der Waals surface area contributed by atoms with Crippen LogP contribution in [0.1, 0.15) is 62.4 Å². The van der Waals surface area contributed by atoms with Gasteiger partial charge in [-0.3, -0.25) is 19.4 Å². The fourth-order valence-electron chi connectivity index (χ4n) is 9.37. The molecule has 1 fully saturated rings. The van der Waals surface area contributed by atoms with E-state index in [1.165, 1.54) is 11.8 Å². The number of H-pyrrole nitrogens is 1. The van der Waals surface area contributed by atoms with Gasteiger partial charge in [-0.2, -0.15) is 0 Å². The predicted octanol–water partition coefficient (Wildman–Crippen LogP) is 10.5. The first-order valence-corrected chi connectivity index (χ1v) is 24.9. The number of nitrogens with two attached hydrogens (primary N) is 1. The number of anilines is 2. The zero-order chi connectivity index (χ0) is 50.4. The van der Waals surface area contributed by atoms with Crippen molar-refractivity contribution in [3.63, 3.8) is 0 Å². The summed E-state index contributed by atoms with van der Waals surface area (Å²) in [6.07, 6.45) is 3.10. The van der Waals surface area contributed by atoms with Crippen LogP contribution in [0.15, 0.2) is 167 Å². The van der Waals surface area contributed by atoms with E-state index in [2.05, 4.69) is 82.3 Å². The molecule has 1 saturated heterocycles. The Hall–Kier alpha value is -7.87. The molecule has 12 nitrogen and oxygen atoms in total. The first kappa shape index (κ1) is 49.1. The van der Waals surface area contributed by atoms with Crippen molar-refractivity contribution in [3.05, 3.63) is 202 Å². The number of nitrogens with zero attached hydrogens (tertiary/aromatic N) is 3. The maximum absolute atomic E-state index is 14.0. The van der Waals surface area contributed by atoms with Crippen LogP contribution >= 0.6 is 11.8 Å². The second-order valence-corrected chi connectivity index (χ2v) is 20.0. The van der Waals surface area contributed by atoms with Crippen LogP contribution in [0, 0.1) is 6.92 Å². The van der Waals surface area contributed by atoms with E-state index >= 15 is 0 Å². The minimum absolute atomic E-state index is 0.0119. The smallest absolute Gasteiger partial charge is 0.254 e. The molecule has 0 atom stereocenters. The number of aromatic amines is 1. The van der Waals surface area contributed by atoms with Gasteiger partial charge in [0.1, 0.15) is 18.1 Å². The number of carbonyl (C=O) groups is 2. The summed E-state index contributed by atoms with van der Waals surface area (Å²) in [6.45, 7) is 14.6. The van der Waals surface area contributed by atoms with E-state index in [9.17, 15) is 14.4 Å². The Morgan fingerprint density at radius 3 is 2.35 bits per heavy atom. The van der Waals surface area contributed by atoms with Gasteiger partial charge in [-0.1, -0.05) is 85.1 Å². The fourth-order valence-corrected chi connectivity index (χ4v) is 10.4. The molecule has 3 heterocycles. The van der Waals surface area contributed by atoms with Crippen molar-refractivity contribution in [3.8, 4) is 11.5 Å². The number of benzene rings is 6. The standard InChI is InChI=1S/C59H59N7O5S/c1-38-30-48(34-50-54(38)61-36-51(57(60)68)55(50)63-45-17-11-18-46(33-45)70-5)72-47-19-10-16-44(32-47)58(69)66-28-26-65(27-29-66)39(2)43-15-9-14-41(31-43)35-59(3,4)62-25-24-42-20-22-52(56-49(42)21-23-53(67)64-56)71-37-40-12-7-6-8-13-40/h6-23,30-34,36,62H,2,24-29,35,37H2,1,3-5H3,(H2,60,68)(H,61,63)(H,64,67). The number of fused-ring (bicyclic) bond motifs is 2. The Morgan fingerprint density at radius 2 is 1.56 bits per heavy atom. The number of hydrogen-bond donors (Lipinski definition) is 4. The third-order valence-corrected chi connectivity index (χ3v) is 14.1. The number of carbonyl (C=O) groups excluding carboxylic acids is 2. The summed E-state index contributed by atoms with van der Waals surface area (Å²) in [7, 11) is 1.61. The maximum atomic E-state index is 14.0. The highest BCUT2D eigenvalue weighted by molar-refractivity contribution is 7.99. The van der Waals surface area contributed by atoms with Crippen LogP contribution in [0.2, 0.25) is 0 Å². The van der Waals surface area contributed by atoms with Gasteiger partial charge < -0.3 is 40.6 Å². The Kier molecular flexibility index (Phi) is 14.8. The van der Waals surface area contributed by atoms with Crippen LogP contribution in [0.3, 0.4) is 0 Å². The monoisotopic (exact) mass is 977 g/mol. The summed E-state index contributed by atoms with van der Waals surface area (Å²) in [5, 5.41) is 8.91.